The monoisotopic (exact) mass is 471 g/mol. The molecule has 3 aromatic carbocycles. The molecular formula is C31H37NO3. The Labute approximate surface area is 209 Å². The molecule has 4 heteroatoms. The van der Waals surface area contributed by atoms with E-state index in [1.165, 1.54) is 44.5 Å². The van der Waals surface area contributed by atoms with E-state index in [1.54, 1.807) is 7.11 Å². The second-order valence-corrected chi connectivity index (χ2v) is 10.6. The number of hydrogen-bond acceptors (Lipinski definition) is 3. The van der Waals surface area contributed by atoms with Crippen molar-refractivity contribution in [2.75, 3.05) is 7.11 Å². The maximum atomic E-state index is 13.5. The molecule has 184 valence electrons. The van der Waals surface area contributed by atoms with E-state index in [9.17, 15) is 4.79 Å². The number of nitrogens with zero attached hydrogens (tertiary/aromatic N) is 1. The summed E-state index contributed by atoms with van der Waals surface area (Å²) in [5.41, 5.74) is 10.2. The Morgan fingerprint density at radius 1 is 0.943 bits per heavy atom. The van der Waals surface area contributed by atoms with Gasteiger partial charge in [-0.2, -0.15) is 0 Å². The summed E-state index contributed by atoms with van der Waals surface area (Å²) in [5, 5.41) is 0. The Bertz CT molecular complexity index is 1250. The van der Waals surface area contributed by atoms with E-state index < -0.39 is 0 Å². The first kappa shape index (κ1) is 25.0. The Morgan fingerprint density at radius 3 is 2.17 bits per heavy atom. The molecule has 1 aliphatic rings. The first-order chi connectivity index (χ1) is 16.5. The number of methoxy groups -OCH3 is 1. The largest absolute Gasteiger partial charge is 0.497 e. The van der Waals surface area contributed by atoms with Gasteiger partial charge in [-0.1, -0.05) is 35.9 Å². The lowest BCUT2D eigenvalue weighted by Crippen LogP contribution is -2.25. The van der Waals surface area contributed by atoms with E-state index in [4.69, 9.17) is 9.47 Å². The lowest BCUT2D eigenvalue weighted by Gasteiger charge is -2.30. The van der Waals surface area contributed by atoms with Gasteiger partial charge in [0, 0.05) is 18.7 Å². The van der Waals surface area contributed by atoms with Crippen LogP contribution in [0.15, 0.2) is 48.5 Å². The highest BCUT2D eigenvalue weighted by atomic mass is 16.5. The number of aryl methyl sites for hydroxylation is 1. The number of amides is 1. The molecule has 1 atom stereocenters. The Morgan fingerprint density at radius 2 is 1.57 bits per heavy atom. The van der Waals surface area contributed by atoms with Crippen LogP contribution >= 0.6 is 0 Å². The van der Waals surface area contributed by atoms with Gasteiger partial charge < -0.3 is 14.4 Å². The van der Waals surface area contributed by atoms with Crippen LogP contribution in [0.2, 0.25) is 0 Å². The van der Waals surface area contributed by atoms with Gasteiger partial charge in [-0.3, -0.25) is 4.79 Å². The van der Waals surface area contributed by atoms with Crippen LogP contribution in [0.4, 0.5) is 0 Å². The molecule has 0 saturated carbocycles. The van der Waals surface area contributed by atoms with Crippen LogP contribution in [0, 0.1) is 20.8 Å². The third-order valence-corrected chi connectivity index (χ3v) is 6.90. The van der Waals surface area contributed by atoms with Crippen molar-refractivity contribution in [1.82, 2.24) is 4.90 Å². The van der Waals surface area contributed by atoms with Gasteiger partial charge in [-0.15, -0.1) is 0 Å². The molecule has 0 aromatic heterocycles. The van der Waals surface area contributed by atoms with Crippen LogP contribution in [0.5, 0.6) is 5.75 Å². The standard InChI is InChI=1S/C31H37NO3/c1-19-12-14-23(15-13-19)29-21(3)27-18-32(30(33)24-10-9-11-25(16-24)34-8)17-26(27)20(2)28(29)22(4)35-31(5,6)7/h9-16,22H,17-18H2,1-8H3/t22-/m1/s1. The molecule has 0 bridgehead atoms. The molecule has 0 radical (unpaired) electrons. The van der Waals surface area contributed by atoms with Crippen LogP contribution < -0.4 is 4.74 Å². The lowest BCUT2D eigenvalue weighted by atomic mass is 9.83. The summed E-state index contributed by atoms with van der Waals surface area (Å²) >= 11 is 0. The molecule has 4 rings (SSSR count). The van der Waals surface area contributed by atoms with Crippen molar-refractivity contribution in [2.24, 2.45) is 0 Å². The predicted molar refractivity (Wildman–Crippen MR) is 142 cm³/mol. The van der Waals surface area contributed by atoms with Gasteiger partial charge in [0.05, 0.1) is 18.8 Å². The van der Waals surface area contributed by atoms with Crippen LogP contribution in [0.25, 0.3) is 11.1 Å². The van der Waals surface area contributed by atoms with E-state index >= 15 is 0 Å². The molecule has 35 heavy (non-hydrogen) atoms. The first-order valence-electron chi connectivity index (χ1n) is 12.3. The topological polar surface area (TPSA) is 38.8 Å². The molecule has 0 N–H and O–H groups in total. The van der Waals surface area contributed by atoms with Crippen LogP contribution in [0.3, 0.4) is 0 Å². The zero-order valence-electron chi connectivity index (χ0n) is 22.3. The van der Waals surface area contributed by atoms with E-state index in [1.807, 2.05) is 29.2 Å². The number of fused-ring (bicyclic) bond motifs is 1. The summed E-state index contributed by atoms with van der Waals surface area (Å²) in [6.45, 7) is 16.1. The number of ether oxygens (including phenoxy) is 2. The average molecular weight is 472 g/mol. The predicted octanol–water partition coefficient (Wildman–Crippen LogP) is 7.32. The molecule has 0 spiro atoms. The minimum Gasteiger partial charge on any atom is -0.497 e. The number of carbonyl (C=O) groups is 1. The first-order valence-corrected chi connectivity index (χ1v) is 12.3. The minimum absolute atomic E-state index is 0.0244. The molecule has 4 nitrogen and oxygen atoms in total. The van der Waals surface area contributed by atoms with Gasteiger partial charge in [0.2, 0.25) is 0 Å². The van der Waals surface area contributed by atoms with E-state index in [0.717, 1.165) is 0 Å². The molecule has 3 aromatic rings. The maximum Gasteiger partial charge on any atom is 0.254 e. The van der Waals surface area contributed by atoms with E-state index in [0.29, 0.717) is 24.4 Å². The van der Waals surface area contributed by atoms with Crippen molar-refractivity contribution in [3.63, 3.8) is 0 Å². The second-order valence-electron chi connectivity index (χ2n) is 10.6. The fourth-order valence-electron chi connectivity index (χ4n) is 5.29. The summed E-state index contributed by atoms with van der Waals surface area (Å²) in [6, 6.07) is 16.1. The number of rotatable bonds is 5. The van der Waals surface area contributed by atoms with Crippen LogP contribution in [-0.4, -0.2) is 23.5 Å². The van der Waals surface area contributed by atoms with Gasteiger partial charge in [0.1, 0.15) is 5.75 Å². The normalized spacial score (nSPS) is 14.1. The van der Waals surface area contributed by atoms with Gasteiger partial charge in [-0.25, -0.2) is 0 Å². The van der Waals surface area contributed by atoms with E-state index in [-0.39, 0.29) is 17.6 Å². The van der Waals surface area contributed by atoms with Gasteiger partial charge >= 0.3 is 0 Å². The van der Waals surface area contributed by atoms with Gasteiger partial charge in [0.15, 0.2) is 0 Å². The maximum absolute atomic E-state index is 13.5. The molecule has 0 saturated heterocycles. The molecule has 1 aliphatic heterocycles. The fraction of sp³-hybridized carbons (Fsp3) is 0.387. The molecular weight excluding hydrogens is 434 g/mol. The smallest absolute Gasteiger partial charge is 0.254 e. The molecule has 1 amide bonds. The molecule has 0 aliphatic carbocycles. The number of hydrogen-bond donors (Lipinski definition) is 0. The van der Waals surface area contributed by atoms with Crippen molar-refractivity contribution in [3.8, 4) is 16.9 Å². The van der Waals surface area contributed by atoms with Crippen LogP contribution in [0.1, 0.15) is 77.5 Å². The third-order valence-electron chi connectivity index (χ3n) is 6.90. The molecule has 1 heterocycles. The Balaban J connectivity index is 1.81. The van der Waals surface area contributed by atoms with E-state index in [2.05, 4.69) is 72.7 Å². The van der Waals surface area contributed by atoms with Crippen molar-refractivity contribution in [2.45, 2.75) is 73.3 Å². The Kier molecular flexibility index (Phi) is 6.79. The lowest BCUT2D eigenvalue weighted by molar-refractivity contribution is -0.0530. The summed E-state index contributed by atoms with van der Waals surface area (Å²) < 4.78 is 11.8. The summed E-state index contributed by atoms with van der Waals surface area (Å²) in [7, 11) is 1.62. The zero-order chi connectivity index (χ0) is 25.5. The summed E-state index contributed by atoms with van der Waals surface area (Å²) in [5.74, 6) is 0.716. The van der Waals surface area contributed by atoms with Crippen molar-refractivity contribution in [3.05, 3.63) is 87.5 Å². The van der Waals surface area contributed by atoms with Crippen molar-refractivity contribution in [1.29, 1.82) is 0 Å². The Hall–Kier alpha value is -3.11. The SMILES string of the molecule is COc1cccc(C(=O)N2Cc3c(C)c(-c4ccc(C)cc4)c([C@@H](C)OC(C)(C)C)c(C)c3C2)c1. The third kappa shape index (κ3) is 4.99. The summed E-state index contributed by atoms with van der Waals surface area (Å²) in [4.78, 5) is 15.4. The highest BCUT2D eigenvalue weighted by molar-refractivity contribution is 5.95. The van der Waals surface area contributed by atoms with Gasteiger partial charge in [-0.05, 0) is 106 Å². The quantitative estimate of drug-likeness (QED) is 0.391. The fourth-order valence-corrected chi connectivity index (χ4v) is 5.29. The second kappa shape index (κ2) is 9.50. The molecule has 0 fully saturated rings. The number of benzene rings is 3. The summed E-state index contributed by atoms with van der Waals surface area (Å²) in [6.07, 6.45) is -0.0848. The highest BCUT2D eigenvalue weighted by Crippen LogP contribution is 2.43. The minimum atomic E-state index is -0.266. The van der Waals surface area contributed by atoms with Crippen molar-refractivity contribution < 1.29 is 14.3 Å². The van der Waals surface area contributed by atoms with Gasteiger partial charge in [0.25, 0.3) is 5.91 Å². The van der Waals surface area contributed by atoms with Crippen LogP contribution in [-0.2, 0) is 17.8 Å². The average Bonchev–Trinajstić information content (AvgIpc) is 3.26. The number of carbonyl (C=O) groups excluding carboxylic acids is 1. The molecule has 0 unspecified atom stereocenters. The van der Waals surface area contributed by atoms with Crippen molar-refractivity contribution >= 4 is 5.91 Å². The highest BCUT2D eigenvalue weighted by Gasteiger charge is 2.32. The zero-order valence-corrected chi connectivity index (χ0v) is 22.3.